The fourth-order valence-electron chi connectivity index (χ4n) is 2.02. The van der Waals surface area contributed by atoms with Gasteiger partial charge in [-0.15, -0.1) is 0 Å². The Hall–Kier alpha value is -2.11. The minimum atomic E-state index is -0.954. The minimum Gasteiger partial charge on any atom is -0.494 e. The highest BCUT2D eigenvalue weighted by Crippen LogP contribution is 2.29. The van der Waals surface area contributed by atoms with E-state index in [0.29, 0.717) is 0 Å². The van der Waals surface area contributed by atoms with Gasteiger partial charge in [0.15, 0.2) is 11.6 Å². The van der Waals surface area contributed by atoms with E-state index < -0.39 is 11.8 Å². The number of carbonyl (C=O) groups is 2. The van der Waals surface area contributed by atoms with Gasteiger partial charge in [-0.25, -0.2) is 4.39 Å². The molecule has 1 fully saturated rings. The van der Waals surface area contributed by atoms with Crippen molar-refractivity contribution in [1.82, 2.24) is 4.90 Å². The largest absolute Gasteiger partial charge is 0.494 e. The van der Waals surface area contributed by atoms with Gasteiger partial charge < -0.3 is 14.7 Å². The second-order valence-electron chi connectivity index (χ2n) is 4.72. The van der Waals surface area contributed by atoms with Gasteiger partial charge >= 0.3 is 5.97 Å². The SMILES string of the molecule is COc1ccc(C(=O)N(CCC(=O)O)C2CC2)cc1F. The fourth-order valence-corrected chi connectivity index (χ4v) is 2.02. The van der Waals surface area contributed by atoms with E-state index in [0.717, 1.165) is 18.9 Å². The Balaban J connectivity index is 2.14. The highest BCUT2D eigenvalue weighted by atomic mass is 19.1. The van der Waals surface area contributed by atoms with Gasteiger partial charge in [-0.2, -0.15) is 0 Å². The lowest BCUT2D eigenvalue weighted by Crippen LogP contribution is -2.35. The van der Waals surface area contributed by atoms with Crippen molar-refractivity contribution in [3.8, 4) is 5.75 Å². The molecule has 6 heteroatoms. The van der Waals surface area contributed by atoms with Crippen LogP contribution in [0.1, 0.15) is 29.6 Å². The number of methoxy groups -OCH3 is 1. The second kappa shape index (κ2) is 5.90. The summed E-state index contributed by atoms with van der Waals surface area (Å²) in [7, 11) is 1.35. The lowest BCUT2D eigenvalue weighted by Gasteiger charge is -2.21. The summed E-state index contributed by atoms with van der Waals surface area (Å²) in [5.41, 5.74) is 0.209. The standard InChI is InChI=1S/C14H16FNO4/c1-20-12-5-2-9(8-11(12)15)14(19)16(10-3-4-10)7-6-13(17)18/h2,5,8,10H,3-4,6-7H2,1H3,(H,17,18). The number of ether oxygens (including phenoxy) is 1. The Morgan fingerprint density at radius 2 is 2.15 bits per heavy atom. The molecule has 1 amide bonds. The molecule has 0 atom stereocenters. The maximum absolute atomic E-state index is 13.6. The lowest BCUT2D eigenvalue weighted by molar-refractivity contribution is -0.137. The number of benzene rings is 1. The normalized spacial score (nSPS) is 13.9. The number of carbonyl (C=O) groups excluding carboxylic acids is 1. The van der Waals surface area contributed by atoms with E-state index in [1.165, 1.54) is 24.1 Å². The molecule has 1 N–H and O–H groups in total. The summed E-state index contributed by atoms with van der Waals surface area (Å²) in [5, 5.41) is 8.71. The van der Waals surface area contributed by atoms with Gasteiger partial charge in [0.05, 0.1) is 13.5 Å². The highest BCUT2D eigenvalue weighted by molar-refractivity contribution is 5.95. The van der Waals surface area contributed by atoms with E-state index in [-0.39, 0.29) is 36.2 Å². The van der Waals surface area contributed by atoms with Crippen LogP contribution in [0.4, 0.5) is 4.39 Å². The molecule has 0 aliphatic heterocycles. The zero-order chi connectivity index (χ0) is 14.7. The molecule has 0 unspecified atom stereocenters. The summed E-state index contributed by atoms with van der Waals surface area (Å²) in [5.74, 6) is -1.82. The van der Waals surface area contributed by atoms with Gasteiger partial charge in [0.1, 0.15) is 0 Å². The van der Waals surface area contributed by atoms with Crippen LogP contribution in [0.15, 0.2) is 18.2 Å². The maximum atomic E-state index is 13.6. The number of hydrogen-bond donors (Lipinski definition) is 1. The summed E-state index contributed by atoms with van der Waals surface area (Å²) in [4.78, 5) is 24.5. The second-order valence-corrected chi connectivity index (χ2v) is 4.72. The molecule has 0 radical (unpaired) electrons. The van der Waals surface area contributed by atoms with E-state index in [2.05, 4.69) is 0 Å². The fraction of sp³-hybridized carbons (Fsp3) is 0.429. The number of nitrogens with zero attached hydrogens (tertiary/aromatic N) is 1. The predicted octanol–water partition coefficient (Wildman–Crippen LogP) is 1.91. The summed E-state index contributed by atoms with van der Waals surface area (Å²) >= 11 is 0. The molecular formula is C14H16FNO4. The topological polar surface area (TPSA) is 66.8 Å². The van der Waals surface area contributed by atoms with E-state index in [1.54, 1.807) is 0 Å². The molecule has 0 aromatic heterocycles. The van der Waals surface area contributed by atoms with Crippen molar-refractivity contribution in [2.24, 2.45) is 0 Å². The average Bonchev–Trinajstić information content (AvgIpc) is 3.23. The van der Waals surface area contributed by atoms with E-state index in [9.17, 15) is 14.0 Å². The Morgan fingerprint density at radius 1 is 1.45 bits per heavy atom. The van der Waals surface area contributed by atoms with Crippen LogP contribution in [-0.4, -0.2) is 41.6 Å². The number of amides is 1. The van der Waals surface area contributed by atoms with Gasteiger partial charge in [-0.05, 0) is 31.0 Å². The maximum Gasteiger partial charge on any atom is 0.305 e. The monoisotopic (exact) mass is 281 g/mol. The first kappa shape index (κ1) is 14.3. The zero-order valence-corrected chi connectivity index (χ0v) is 11.1. The lowest BCUT2D eigenvalue weighted by atomic mass is 10.1. The van der Waals surface area contributed by atoms with Gasteiger partial charge in [0, 0.05) is 18.2 Å². The van der Waals surface area contributed by atoms with Gasteiger partial charge in [-0.3, -0.25) is 9.59 Å². The third-order valence-electron chi connectivity index (χ3n) is 3.21. The first-order valence-corrected chi connectivity index (χ1v) is 6.39. The number of aliphatic carboxylic acids is 1. The molecule has 0 saturated heterocycles. The minimum absolute atomic E-state index is 0.0741. The molecular weight excluding hydrogens is 265 g/mol. The number of carboxylic acids is 1. The molecule has 1 saturated carbocycles. The first-order chi connectivity index (χ1) is 9.52. The van der Waals surface area contributed by atoms with E-state index in [1.807, 2.05) is 0 Å². The number of carboxylic acid groups (broad SMARTS) is 1. The van der Waals surface area contributed by atoms with Crippen molar-refractivity contribution in [2.45, 2.75) is 25.3 Å². The smallest absolute Gasteiger partial charge is 0.305 e. The molecule has 1 aromatic rings. The number of rotatable bonds is 6. The summed E-state index contributed by atoms with van der Waals surface area (Å²) in [6.45, 7) is 0.145. The summed E-state index contributed by atoms with van der Waals surface area (Å²) in [6, 6.07) is 4.08. The molecule has 20 heavy (non-hydrogen) atoms. The molecule has 1 aromatic carbocycles. The average molecular weight is 281 g/mol. The third-order valence-corrected chi connectivity index (χ3v) is 3.21. The van der Waals surface area contributed by atoms with Crippen molar-refractivity contribution in [2.75, 3.05) is 13.7 Å². The van der Waals surface area contributed by atoms with Gasteiger partial charge in [0.25, 0.3) is 5.91 Å². The Bertz CT molecular complexity index is 528. The summed E-state index contributed by atoms with van der Waals surface area (Å²) < 4.78 is 18.4. The van der Waals surface area contributed by atoms with Gasteiger partial charge in [-0.1, -0.05) is 0 Å². The molecule has 0 bridgehead atoms. The van der Waals surface area contributed by atoms with Crippen molar-refractivity contribution < 1.29 is 23.8 Å². The summed E-state index contributed by atoms with van der Waals surface area (Å²) in [6.07, 6.45) is 1.62. The zero-order valence-electron chi connectivity index (χ0n) is 11.1. The van der Waals surface area contributed by atoms with Crippen LogP contribution in [0.25, 0.3) is 0 Å². The number of hydrogen-bond acceptors (Lipinski definition) is 3. The van der Waals surface area contributed by atoms with Crippen LogP contribution in [0.2, 0.25) is 0 Å². The van der Waals surface area contributed by atoms with Crippen molar-refractivity contribution >= 4 is 11.9 Å². The molecule has 1 aliphatic carbocycles. The highest BCUT2D eigenvalue weighted by Gasteiger charge is 2.33. The van der Waals surface area contributed by atoms with Gasteiger partial charge in [0.2, 0.25) is 0 Å². The molecule has 0 heterocycles. The Morgan fingerprint density at radius 3 is 2.65 bits per heavy atom. The van der Waals surface area contributed by atoms with Crippen molar-refractivity contribution in [3.05, 3.63) is 29.6 Å². The van der Waals surface area contributed by atoms with Crippen LogP contribution in [0.3, 0.4) is 0 Å². The van der Waals surface area contributed by atoms with Crippen molar-refractivity contribution in [1.29, 1.82) is 0 Å². The predicted molar refractivity (Wildman–Crippen MR) is 69.3 cm³/mol. The van der Waals surface area contributed by atoms with Crippen LogP contribution < -0.4 is 4.74 Å². The van der Waals surface area contributed by atoms with Crippen LogP contribution in [0, 0.1) is 5.82 Å². The van der Waals surface area contributed by atoms with E-state index in [4.69, 9.17) is 9.84 Å². The Kier molecular flexibility index (Phi) is 4.22. The molecule has 108 valence electrons. The van der Waals surface area contributed by atoms with Crippen molar-refractivity contribution in [3.63, 3.8) is 0 Å². The molecule has 0 spiro atoms. The Labute approximate surface area is 116 Å². The third kappa shape index (κ3) is 3.26. The first-order valence-electron chi connectivity index (χ1n) is 6.39. The van der Waals surface area contributed by atoms with E-state index >= 15 is 0 Å². The van der Waals surface area contributed by atoms with Crippen LogP contribution >= 0.6 is 0 Å². The molecule has 2 rings (SSSR count). The number of halogens is 1. The van der Waals surface area contributed by atoms with Crippen LogP contribution in [-0.2, 0) is 4.79 Å². The molecule has 5 nitrogen and oxygen atoms in total. The van der Waals surface area contributed by atoms with Crippen LogP contribution in [0.5, 0.6) is 5.75 Å². The molecule has 1 aliphatic rings. The quantitative estimate of drug-likeness (QED) is 0.865.